The molecule has 3 nitrogen and oxygen atoms in total. The summed E-state index contributed by atoms with van der Waals surface area (Å²) in [6.07, 6.45) is 0.576. The van der Waals surface area contributed by atoms with Crippen LogP contribution in [0.2, 0.25) is 0 Å². The van der Waals surface area contributed by atoms with Crippen LogP contribution in [0.4, 0.5) is 4.39 Å². The molecule has 2 rings (SSSR count). The van der Waals surface area contributed by atoms with Gasteiger partial charge in [-0.05, 0) is 47.0 Å². The molecule has 0 saturated heterocycles. The normalized spacial score (nSPS) is 12.3. The third-order valence-corrected chi connectivity index (χ3v) is 4.69. The number of aryl methyl sites for hydroxylation is 1. The summed E-state index contributed by atoms with van der Waals surface area (Å²) >= 11 is 1.55. The molecule has 0 aliphatic rings. The molecule has 2 aromatic rings. The zero-order chi connectivity index (χ0) is 13.8. The van der Waals surface area contributed by atoms with Crippen molar-refractivity contribution in [2.24, 2.45) is 0 Å². The van der Waals surface area contributed by atoms with Gasteiger partial charge in [-0.1, -0.05) is 0 Å². The monoisotopic (exact) mass is 298 g/mol. The summed E-state index contributed by atoms with van der Waals surface area (Å²) < 4.78 is 25.6. The van der Waals surface area contributed by atoms with Crippen LogP contribution >= 0.6 is 11.3 Å². The first-order valence-corrected chi connectivity index (χ1v) is 7.76. The summed E-state index contributed by atoms with van der Waals surface area (Å²) in [4.78, 5) is 10.8. The number of halogens is 1. The minimum atomic E-state index is -1.54. The van der Waals surface area contributed by atoms with Crippen molar-refractivity contribution in [3.05, 3.63) is 52.0 Å². The Morgan fingerprint density at radius 2 is 2.16 bits per heavy atom. The Hall–Kier alpha value is -1.53. The summed E-state index contributed by atoms with van der Waals surface area (Å²) in [5, 5.41) is 12.7. The average molecular weight is 298 g/mol. The number of benzene rings is 1. The molecule has 1 N–H and O–H groups in total. The first kappa shape index (κ1) is 13.9. The van der Waals surface area contributed by atoms with Gasteiger partial charge in [-0.15, -0.1) is 0 Å². The number of rotatable bonds is 5. The number of carboxylic acid groups (broad SMARTS) is 1. The maximum atomic E-state index is 13.6. The SMILES string of the molecule is O=C(O)c1ccc(F)c(S(=O)CCc2ccsc2)c1. The van der Waals surface area contributed by atoms with Gasteiger partial charge >= 0.3 is 5.97 Å². The molecule has 0 aliphatic carbocycles. The van der Waals surface area contributed by atoms with Crippen molar-refractivity contribution in [3.8, 4) is 0 Å². The fraction of sp³-hybridized carbons (Fsp3) is 0.154. The highest BCUT2D eigenvalue weighted by Crippen LogP contribution is 2.17. The Morgan fingerprint density at radius 1 is 1.37 bits per heavy atom. The number of aromatic carboxylic acids is 1. The van der Waals surface area contributed by atoms with E-state index in [0.29, 0.717) is 6.42 Å². The molecule has 100 valence electrons. The molecule has 0 aliphatic heterocycles. The van der Waals surface area contributed by atoms with Gasteiger partial charge in [0.15, 0.2) is 0 Å². The van der Waals surface area contributed by atoms with E-state index in [1.165, 1.54) is 0 Å². The molecule has 0 saturated carbocycles. The van der Waals surface area contributed by atoms with E-state index in [1.807, 2.05) is 16.8 Å². The topological polar surface area (TPSA) is 54.4 Å². The fourth-order valence-electron chi connectivity index (χ4n) is 1.57. The largest absolute Gasteiger partial charge is 0.478 e. The van der Waals surface area contributed by atoms with Crippen LogP contribution in [0.1, 0.15) is 15.9 Å². The maximum absolute atomic E-state index is 13.6. The lowest BCUT2D eigenvalue weighted by Crippen LogP contribution is -2.06. The highest BCUT2D eigenvalue weighted by molar-refractivity contribution is 7.85. The predicted octanol–water partition coefficient (Wildman–Crippen LogP) is 2.94. The predicted molar refractivity (Wildman–Crippen MR) is 72.7 cm³/mol. The van der Waals surface area contributed by atoms with Crippen LogP contribution in [0.15, 0.2) is 39.9 Å². The molecule has 0 spiro atoms. The van der Waals surface area contributed by atoms with Crippen LogP contribution in [-0.4, -0.2) is 21.0 Å². The van der Waals surface area contributed by atoms with Crippen molar-refractivity contribution in [2.45, 2.75) is 11.3 Å². The van der Waals surface area contributed by atoms with E-state index in [9.17, 15) is 13.4 Å². The lowest BCUT2D eigenvalue weighted by molar-refractivity contribution is 0.0696. The van der Waals surface area contributed by atoms with Crippen LogP contribution in [0, 0.1) is 5.82 Å². The minimum Gasteiger partial charge on any atom is -0.478 e. The Balaban J connectivity index is 2.14. The van der Waals surface area contributed by atoms with Gasteiger partial charge in [0.05, 0.1) is 21.3 Å². The van der Waals surface area contributed by atoms with E-state index >= 15 is 0 Å². The van der Waals surface area contributed by atoms with Crippen molar-refractivity contribution in [1.29, 1.82) is 0 Å². The van der Waals surface area contributed by atoms with Crippen LogP contribution in [-0.2, 0) is 17.2 Å². The lowest BCUT2D eigenvalue weighted by atomic mass is 10.2. The maximum Gasteiger partial charge on any atom is 0.335 e. The van der Waals surface area contributed by atoms with Gasteiger partial charge in [-0.25, -0.2) is 9.18 Å². The summed E-state index contributed by atoms with van der Waals surface area (Å²) in [6, 6.07) is 5.27. The van der Waals surface area contributed by atoms with Crippen LogP contribution in [0.3, 0.4) is 0 Å². The lowest BCUT2D eigenvalue weighted by Gasteiger charge is -2.04. The van der Waals surface area contributed by atoms with Crippen molar-refractivity contribution in [3.63, 3.8) is 0 Å². The minimum absolute atomic E-state index is 0.0462. The van der Waals surface area contributed by atoms with Gasteiger partial charge in [0.2, 0.25) is 0 Å². The van der Waals surface area contributed by atoms with Crippen molar-refractivity contribution >= 4 is 28.1 Å². The quantitative estimate of drug-likeness (QED) is 0.923. The van der Waals surface area contributed by atoms with Crippen LogP contribution in [0.25, 0.3) is 0 Å². The van der Waals surface area contributed by atoms with E-state index in [4.69, 9.17) is 5.11 Å². The van der Waals surface area contributed by atoms with Gasteiger partial charge < -0.3 is 5.11 Å². The molecular weight excluding hydrogens is 287 g/mol. The standard InChI is InChI=1S/C13H11FO3S2/c14-11-2-1-10(13(15)16)7-12(11)19(17)6-4-9-3-5-18-8-9/h1-3,5,7-8H,4,6H2,(H,15,16). The Kier molecular flexibility index (Phi) is 4.44. The molecule has 1 atom stereocenters. The van der Waals surface area contributed by atoms with E-state index in [-0.39, 0.29) is 16.2 Å². The second-order valence-electron chi connectivity index (χ2n) is 3.88. The molecule has 0 radical (unpaired) electrons. The first-order chi connectivity index (χ1) is 9.08. The molecule has 0 amide bonds. The van der Waals surface area contributed by atoms with E-state index in [2.05, 4.69) is 0 Å². The number of thiophene rings is 1. The molecule has 19 heavy (non-hydrogen) atoms. The average Bonchev–Trinajstić information content (AvgIpc) is 2.89. The molecule has 0 fully saturated rings. The number of hydrogen-bond acceptors (Lipinski definition) is 3. The smallest absolute Gasteiger partial charge is 0.335 e. The molecule has 1 aromatic heterocycles. The summed E-state index contributed by atoms with van der Waals surface area (Å²) in [7, 11) is -1.54. The second kappa shape index (κ2) is 6.08. The van der Waals surface area contributed by atoms with Gasteiger partial charge in [0.25, 0.3) is 0 Å². The second-order valence-corrected chi connectivity index (χ2v) is 6.20. The third-order valence-electron chi connectivity index (χ3n) is 2.58. The summed E-state index contributed by atoms with van der Waals surface area (Å²) in [6.45, 7) is 0. The summed E-state index contributed by atoms with van der Waals surface area (Å²) in [5.74, 6) is -1.51. The molecule has 1 heterocycles. The van der Waals surface area contributed by atoms with E-state index in [1.54, 1.807) is 11.3 Å². The number of carbonyl (C=O) groups is 1. The molecule has 1 unspecified atom stereocenters. The number of hydrogen-bond donors (Lipinski definition) is 1. The van der Waals surface area contributed by atoms with Gasteiger partial charge in [0, 0.05) is 5.75 Å². The van der Waals surface area contributed by atoms with E-state index in [0.717, 1.165) is 23.8 Å². The Bertz CT molecular complexity index is 608. The van der Waals surface area contributed by atoms with Crippen LogP contribution < -0.4 is 0 Å². The van der Waals surface area contributed by atoms with Crippen molar-refractivity contribution in [1.82, 2.24) is 0 Å². The van der Waals surface area contributed by atoms with Gasteiger partial charge in [0.1, 0.15) is 5.82 Å². The highest BCUT2D eigenvalue weighted by atomic mass is 32.2. The van der Waals surface area contributed by atoms with Crippen molar-refractivity contribution in [2.75, 3.05) is 5.75 Å². The highest BCUT2D eigenvalue weighted by Gasteiger charge is 2.14. The molecule has 6 heteroatoms. The Morgan fingerprint density at radius 3 is 2.79 bits per heavy atom. The van der Waals surface area contributed by atoms with Gasteiger partial charge in [-0.3, -0.25) is 4.21 Å². The zero-order valence-corrected chi connectivity index (χ0v) is 11.5. The Labute approximate surface area is 116 Å². The summed E-state index contributed by atoms with van der Waals surface area (Å²) in [5.41, 5.74) is 0.994. The van der Waals surface area contributed by atoms with E-state index < -0.39 is 22.6 Å². The molecular formula is C13H11FO3S2. The molecule has 0 bridgehead atoms. The van der Waals surface area contributed by atoms with Gasteiger partial charge in [-0.2, -0.15) is 11.3 Å². The fourth-order valence-corrected chi connectivity index (χ4v) is 3.45. The third kappa shape index (κ3) is 3.48. The van der Waals surface area contributed by atoms with Crippen LogP contribution in [0.5, 0.6) is 0 Å². The van der Waals surface area contributed by atoms with Crippen molar-refractivity contribution < 1.29 is 18.5 Å². The number of carboxylic acids is 1. The zero-order valence-electron chi connectivity index (χ0n) is 9.84. The first-order valence-electron chi connectivity index (χ1n) is 5.50. The molecule has 1 aromatic carbocycles.